The Morgan fingerprint density at radius 2 is 2.07 bits per heavy atom. The van der Waals surface area contributed by atoms with Gasteiger partial charge in [-0.15, -0.1) is 0 Å². The van der Waals surface area contributed by atoms with Crippen LogP contribution in [0.4, 0.5) is 5.69 Å². The van der Waals surface area contributed by atoms with E-state index in [4.69, 9.17) is 9.47 Å². The third-order valence-corrected chi connectivity index (χ3v) is 2.99. The van der Waals surface area contributed by atoms with Crippen LogP contribution in [0.15, 0.2) is 22.7 Å². The van der Waals surface area contributed by atoms with E-state index < -0.39 is 0 Å². The van der Waals surface area contributed by atoms with Crippen molar-refractivity contribution in [2.24, 2.45) is 0 Å². The average Bonchev–Trinajstić information content (AvgIpc) is 2.30. The largest absolute Gasteiger partial charge is 0.495 e. The van der Waals surface area contributed by atoms with Crippen LogP contribution in [0.5, 0.6) is 5.75 Å². The van der Waals surface area contributed by atoms with Crippen LogP contribution < -0.4 is 9.64 Å². The fourth-order valence-corrected chi connectivity index (χ4v) is 2.06. The van der Waals surface area contributed by atoms with Gasteiger partial charge in [-0.1, -0.05) is 15.9 Å². The van der Waals surface area contributed by atoms with Crippen molar-refractivity contribution in [2.45, 2.75) is 0 Å². The smallest absolute Gasteiger partial charge is 0.143 e. The Balaban J connectivity index is 2.25. The van der Waals surface area contributed by atoms with Crippen molar-refractivity contribution in [1.29, 1.82) is 0 Å². The fourth-order valence-electron chi connectivity index (χ4n) is 1.72. The molecule has 0 radical (unpaired) electrons. The Bertz CT molecular complexity index is 337. The molecular formula is C11H14BrNO2. The Labute approximate surface area is 98.1 Å². The minimum Gasteiger partial charge on any atom is -0.495 e. The van der Waals surface area contributed by atoms with E-state index in [2.05, 4.69) is 26.9 Å². The monoisotopic (exact) mass is 271 g/mol. The summed E-state index contributed by atoms with van der Waals surface area (Å²) in [5, 5.41) is 0. The van der Waals surface area contributed by atoms with Gasteiger partial charge in [-0.05, 0) is 18.2 Å². The Hall–Kier alpha value is -0.740. The topological polar surface area (TPSA) is 21.7 Å². The van der Waals surface area contributed by atoms with E-state index in [9.17, 15) is 0 Å². The lowest BCUT2D eigenvalue weighted by atomic mass is 10.2. The van der Waals surface area contributed by atoms with E-state index >= 15 is 0 Å². The van der Waals surface area contributed by atoms with E-state index in [1.165, 1.54) is 0 Å². The first kappa shape index (κ1) is 10.8. The summed E-state index contributed by atoms with van der Waals surface area (Å²) in [6.45, 7) is 3.44. The molecule has 0 bridgehead atoms. The molecule has 1 aliphatic rings. The van der Waals surface area contributed by atoms with Crippen LogP contribution in [0.2, 0.25) is 0 Å². The normalized spacial score (nSPS) is 16.5. The van der Waals surface area contributed by atoms with Crippen molar-refractivity contribution in [1.82, 2.24) is 0 Å². The number of morpholine rings is 1. The molecule has 1 fully saturated rings. The summed E-state index contributed by atoms with van der Waals surface area (Å²) in [5.74, 6) is 0.909. The minimum absolute atomic E-state index is 0.791. The second kappa shape index (κ2) is 4.86. The van der Waals surface area contributed by atoms with E-state index in [-0.39, 0.29) is 0 Å². The molecule has 3 nitrogen and oxygen atoms in total. The molecule has 1 heterocycles. The van der Waals surface area contributed by atoms with Gasteiger partial charge in [-0.2, -0.15) is 0 Å². The van der Waals surface area contributed by atoms with Gasteiger partial charge in [0.15, 0.2) is 0 Å². The lowest BCUT2D eigenvalue weighted by molar-refractivity contribution is 0.122. The van der Waals surface area contributed by atoms with Crippen molar-refractivity contribution in [2.75, 3.05) is 38.3 Å². The molecule has 1 aliphatic heterocycles. The van der Waals surface area contributed by atoms with E-state index in [1.54, 1.807) is 7.11 Å². The molecule has 1 aromatic rings. The van der Waals surface area contributed by atoms with Crippen molar-refractivity contribution < 1.29 is 9.47 Å². The summed E-state index contributed by atoms with van der Waals surface area (Å²) in [7, 11) is 1.70. The number of ether oxygens (including phenoxy) is 2. The first-order valence-electron chi connectivity index (χ1n) is 4.97. The van der Waals surface area contributed by atoms with Crippen molar-refractivity contribution in [3.8, 4) is 5.75 Å². The molecule has 15 heavy (non-hydrogen) atoms. The molecule has 0 spiro atoms. The molecular weight excluding hydrogens is 258 g/mol. The summed E-state index contributed by atoms with van der Waals surface area (Å²) in [6.07, 6.45) is 0. The standard InChI is InChI=1S/C11H14BrNO2/c1-14-11-8-9(12)2-3-10(11)13-4-6-15-7-5-13/h2-3,8H,4-7H2,1H3. The number of methoxy groups -OCH3 is 1. The van der Waals surface area contributed by atoms with Gasteiger partial charge in [-0.25, -0.2) is 0 Å². The maximum atomic E-state index is 5.37. The van der Waals surface area contributed by atoms with Crippen LogP contribution in [0, 0.1) is 0 Å². The zero-order chi connectivity index (χ0) is 10.7. The quantitative estimate of drug-likeness (QED) is 0.824. The first-order chi connectivity index (χ1) is 7.31. The average molecular weight is 272 g/mol. The molecule has 0 amide bonds. The SMILES string of the molecule is COc1cc(Br)ccc1N1CCOCC1. The van der Waals surface area contributed by atoms with E-state index in [0.717, 1.165) is 42.2 Å². The number of hydrogen-bond donors (Lipinski definition) is 0. The third kappa shape index (κ3) is 2.44. The zero-order valence-electron chi connectivity index (χ0n) is 8.70. The van der Waals surface area contributed by atoms with Crippen LogP contribution in [0.3, 0.4) is 0 Å². The molecule has 4 heteroatoms. The molecule has 0 saturated carbocycles. The number of rotatable bonds is 2. The number of anilines is 1. The van der Waals surface area contributed by atoms with E-state index in [0.29, 0.717) is 0 Å². The highest BCUT2D eigenvalue weighted by atomic mass is 79.9. The van der Waals surface area contributed by atoms with E-state index in [1.807, 2.05) is 12.1 Å². The lowest BCUT2D eigenvalue weighted by Crippen LogP contribution is -2.36. The maximum absolute atomic E-state index is 5.37. The van der Waals surface area contributed by atoms with Crippen molar-refractivity contribution >= 4 is 21.6 Å². The predicted octanol–water partition coefficient (Wildman–Crippen LogP) is 2.29. The molecule has 2 rings (SSSR count). The van der Waals surface area contributed by atoms with Crippen LogP contribution in [0.1, 0.15) is 0 Å². The van der Waals surface area contributed by atoms with Crippen LogP contribution in [-0.2, 0) is 4.74 Å². The number of benzene rings is 1. The number of halogens is 1. The molecule has 0 unspecified atom stereocenters. The third-order valence-electron chi connectivity index (χ3n) is 2.49. The van der Waals surface area contributed by atoms with Crippen molar-refractivity contribution in [3.05, 3.63) is 22.7 Å². The highest BCUT2D eigenvalue weighted by Crippen LogP contribution is 2.31. The van der Waals surface area contributed by atoms with Crippen molar-refractivity contribution in [3.63, 3.8) is 0 Å². The van der Waals surface area contributed by atoms with Gasteiger partial charge in [0.2, 0.25) is 0 Å². The Morgan fingerprint density at radius 3 is 2.73 bits per heavy atom. The Kier molecular flexibility index (Phi) is 3.49. The molecule has 0 N–H and O–H groups in total. The second-order valence-corrected chi connectivity index (χ2v) is 4.33. The molecule has 0 aliphatic carbocycles. The molecule has 82 valence electrons. The summed E-state index contributed by atoms with van der Waals surface area (Å²) in [4.78, 5) is 2.29. The molecule has 1 aromatic carbocycles. The molecule has 1 saturated heterocycles. The fraction of sp³-hybridized carbons (Fsp3) is 0.455. The Morgan fingerprint density at radius 1 is 1.33 bits per heavy atom. The highest BCUT2D eigenvalue weighted by molar-refractivity contribution is 9.10. The van der Waals surface area contributed by atoms with Gasteiger partial charge < -0.3 is 14.4 Å². The van der Waals surface area contributed by atoms with Gasteiger partial charge in [-0.3, -0.25) is 0 Å². The van der Waals surface area contributed by atoms with Gasteiger partial charge in [0, 0.05) is 17.6 Å². The van der Waals surface area contributed by atoms with Gasteiger partial charge in [0.1, 0.15) is 5.75 Å². The summed E-state index contributed by atoms with van der Waals surface area (Å²) in [6, 6.07) is 6.10. The summed E-state index contributed by atoms with van der Waals surface area (Å²) in [5.41, 5.74) is 1.14. The maximum Gasteiger partial charge on any atom is 0.143 e. The second-order valence-electron chi connectivity index (χ2n) is 3.42. The highest BCUT2D eigenvalue weighted by Gasteiger charge is 2.15. The first-order valence-corrected chi connectivity index (χ1v) is 5.77. The lowest BCUT2D eigenvalue weighted by Gasteiger charge is -2.30. The number of nitrogens with zero attached hydrogens (tertiary/aromatic N) is 1. The number of hydrogen-bond acceptors (Lipinski definition) is 3. The predicted molar refractivity (Wildman–Crippen MR) is 63.7 cm³/mol. The summed E-state index contributed by atoms with van der Waals surface area (Å²) >= 11 is 3.44. The van der Waals surface area contributed by atoms with Gasteiger partial charge in [0.05, 0.1) is 26.0 Å². The molecule has 0 aromatic heterocycles. The van der Waals surface area contributed by atoms with Gasteiger partial charge >= 0.3 is 0 Å². The van der Waals surface area contributed by atoms with Crippen LogP contribution >= 0.6 is 15.9 Å². The van der Waals surface area contributed by atoms with Crippen LogP contribution in [-0.4, -0.2) is 33.4 Å². The summed E-state index contributed by atoms with van der Waals surface area (Å²) < 4.78 is 11.7. The molecule has 0 atom stereocenters. The minimum atomic E-state index is 0.791. The zero-order valence-corrected chi connectivity index (χ0v) is 10.3. The van der Waals surface area contributed by atoms with Gasteiger partial charge in [0.25, 0.3) is 0 Å². The van der Waals surface area contributed by atoms with Crippen LogP contribution in [0.25, 0.3) is 0 Å².